The molecule has 96 valence electrons. The van der Waals surface area contributed by atoms with Crippen LogP contribution in [0.15, 0.2) is 24.3 Å². The third-order valence-electron chi connectivity index (χ3n) is 2.45. The van der Waals surface area contributed by atoms with E-state index < -0.39 is 11.9 Å². The molecule has 0 amide bonds. The second-order valence-corrected chi connectivity index (χ2v) is 3.56. The summed E-state index contributed by atoms with van der Waals surface area (Å²) < 4.78 is 43.4. The number of rotatable bonds is 2. The molecular formula is C11H10F3N3O. The van der Waals surface area contributed by atoms with Gasteiger partial charge in [0.1, 0.15) is 11.3 Å². The van der Waals surface area contributed by atoms with E-state index in [4.69, 9.17) is 10.6 Å². The first-order valence-electron chi connectivity index (χ1n) is 4.99. The number of ether oxygens (including phenoxy) is 1. The lowest BCUT2D eigenvalue weighted by Crippen LogP contribution is -2.16. The van der Waals surface area contributed by atoms with E-state index in [-0.39, 0.29) is 17.0 Å². The lowest BCUT2D eigenvalue weighted by atomic mass is 10.1. The molecule has 0 spiro atoms. The van der Waals surface area contributed by atoms with Crippen LogP contribution in [-0.4, -0.2) is 12.1 Å². The van der Waals surface area contributed by atoms with Gasteiger partial charge >= 0.3 is 6.18 Å². The minimum atomic E-state index is -4.59. The van der Waals surface area contributed by atoms with Crippen molar-refractivity contribution >= 4 is 16.6 Å². The Morgan fingerprint density at radius 1 is 1.33 bits per heavy atom. The number of hydrogen-bond acceptors (Lipinski definition) is 4. The lowest BCUT2D eigenvalue weighted by Gasteiger charge is -2.13. The maximum atomic E-state index is 12.8. The predicted octanol–water partition coefficient (Wildman–Crippen LogP) is 2.55. The van der Waals surface area contributed by atoms with Crippen LogP contribution in [0.2, 0.25) is 0 Å². The van der Waals surface area contributed by atoms with Crippen molar-refractivity contribution in [3.05, 3.63) is 30.0 Å². The molecule has 18 heavy (non-hydrogen) atoms. The Hall–Kier alpha value is -2.02. The number of fused-ring (bicyclic) bond motifs is 1. The topological polar surface area (TPSA) is 60.2 Å². The van der Waals surface area contributed by atoms with E-state index in [9.17, 15) is 13.2 Å². The van der Waals surface area contributed by atoms with Crippen molar-refractivity contribution in [3.63, 3.8) is 0 Å². The van der Waals surface area contributed by atoms with E-state index in [1.807, 2.05) is 5.43 Å². The van der Waals surface area contributed by atoms with Crippen LogP contribution < -0.4 is 16.0 Å². The van der Waals surface area contributed by atoms with Crippen LogP contribution in [0.4, 0.5) is 18.9 Å². The molecule has 0 aliphatic heterocycles. The zero-order chi connectivity index (χ0) is 13.3. The van der Waals surface area contributed by atoms with Gasteiger partial charge in [0.2, 0.25) is 0 Å². The maximum absolute atomic E-state index is 12.8. The Morgan fingerprint density at radius 3 is 2.61 bits per heavy atom. The van der Waals surface area contributed by atoms with E-state index in [0.717, 1.165) is 0 Å². The lowest BCUT2D eigenvalue weighted by molar-refractivity contribution is -0.140. The summed E-state index contributed by atoms with van der Waals surface area (Å²) in [5.74, 6) is 5.37. The molecule has 0 unspecified atom stereocenters. The molecule has 2 aromatic rings. The summed E-state index contributed by atoms with van der Waals surface area (Å²) in [4.78, 5) is 3.60. The van der Waals surface area contributed by atoms with Crippen molar-refractivity contribution in [2.24, 2.45) is 5.84 Å². The molecule has 1 heterocycles. The molecule has 0 bridgehead atoms. The Kier molecular flexibility index (Phi) is 3.00. The van der Waals surface area contributed by atoms with Crippen LogP contribution in [0.1, 0.15) is 5.69 Å². The highest BCUT2D eigenvalue weighted by Crippen LogP contribution is 2.36. The maximum Gasteiger partial charge on any atom is 0.435 e. The highest BCUT2D eigenvalue weighted by molar-refractivity contribution is 5.87. The van der Waals surface area contributed by atoms with Gasteiger partial charge in [-0.2, -0.15) is 13.2 Å². The summed E-state index contributed by atoms with van der Waals surface area (Å²) >= 11 is 0. The van der Waals surface area contributed by atoms with Crippen LogP contribution in [0.25, 0.3) is 10.9 Å². The minimum absolute atomic E-state index is 0.145. The number of aromatic nitrogens is 1. The zero-order valence-electron chi connectivity index (χ0n) is 9.38. The van der Waals surface area contributed by atoms with Crippen molar-refractivity contribution in [1.29, 1.82) is 0 Å². The average Bonchev–Trinajstić information content (AvgIpc) is 2.35. The van der Waals surface area contributed by atoms with E-state index in [1.54, 1.807) is 18.2 Å². The number of halogens is 3. The number of anilines is 1. The molecule has 2 rings (SSSR count). The van der Waals surface area contributed by atoms with Crippen molar-refractivity contribution in [3.8, 4) is 5.75 Å². The standard InChI is InChI=1S/C11H10F3N3O/c1-18-8-4-2-3-6-5-7(17-15)10(11(12,13)14)16-9(6)8/h2-5,17H,15H2,1H3. The number of nitrogens with two attached hydrogens (primary N) is 1. The summed E-state index contributed by atoms with van der Waals surface area (Å²) in [7, 11) is 1.37. The molecule has 0 fully saturated rings. The summed E-state index contributed by atoms with van der Waals surface area (Å²) in [5, 5.41) is 0.510. The summed E-state index contributed by atoms with van der Waals surface area (Å²) in [6, 6.07) is 6.13. The monoisotopic (exact) mass is 257 g/mol. The second kappa shape index (κ2) is 4.34. The molecule has 7 heteroatoms. The number of nitrogens with one attached hydrogen (secondary N) is 1. The first kappa shape index (κ1) is 12.4. The quantitative estimate of drug-likeness (QED) is 0.641. The molecule has 4 nitrogen and oxygen atoms in total. The van der Waals surface area contributed by atoms with Gasteiger partial charge in [0.05, 0.1) is 12.8 Å². The van der Waals surface area contributed by atoms with Crippen molar-refractivity contribution < 1.29 is 17.9 Å². The normalized spacial score (nSPS) is 11.6. The van der Waals surface area contributed by atoms with Crippen LogP contribution >= 0.6 is 0 Å². The third kappa shape index (κ3) is 2.04. The van der Waals surface area contributed by atoms with Gasteiger partial charge in [-0.25, -0.2) is 4.98 Å². The van der Waals surface area contributed by atoms with Gasteiger partial charge in [0, 0.05) is 5.39 Å². The minimum Gasteiger partial charge on any atom is -0.494 e. The van der Waals surface area contributed by atoms with E-state index >= 15 is 0 Å². The Balaban J connectivity index is 2.78. The van der Waals surface area contributed by atoms with Gasteiger partial charge in [-0.1, -0.05) is 12.1 Å². The molecule has 3 N–H and O–H groups in total. The Labute approximate surface area is 101 Å². The van der Waals surface area contributed by atoms with Gasteiger partial charge in [0.25, 0.3) is 0 Å². The second-order valence-electron chi connectivity index (χ2n) is 3.56. The molecule has 1 aromatic heterocycles. The van der Waals surface area contributed by atoms with Gasteiger partial charge in [-0.3, -0.25) is 5.84 Å². The molecular weight excluding hydrogens is 247 g/mol. The largest absolute Gasteiger partial charge is 0.494 e. The van der Waals surface area contributed by atoms with Crippen LogP contribution in [0.5, 0.6) is 5.75 Å². The first-order valence-corrected chi connectivity index (χ1v) is 4.99. The van der Waals surface area contributed by atoms with Crippen molar-refractivity contribution in [2.45, 2.75) is 6.18 Å². The molecule has 0 saturated heterocycles. The summed E-state index contributed by atoms with van der Waals surface area (Å²) in [6.07, 6.45) is -4.59. The number of pyridine rings is 1. The molecule has 0 radical (unpaired) electrons. The fourth-order valence-corrected chi connectivity index (χ4v) is 1.66. The van der Waals surface area contributed by atoms with Crippen molar-refractivity contribution in [2.75, 3.05) is 12.5 Å². The number of hydrazine groups is 1. The van der Waals surface area contributed by atoms with Gasteiger partial charge in [-0.15, -0.1) is 0 Å². The Bertz CT molecular complexity index is 583. The van der Waals surface area contributed by atoms with Crippen LogP contribution in [0, 0.1) is 0 Å². The van der Waals surface area contributed by atoms with Crippen LogP contribution in [0.3, 0.4) is 0 Å². The van der Waals surface area contributed by atoms with Gasteiger partial charge < -0.3 is 10.2 Å². The molecule has 0 aliphatic rings. The predicted molar refractivity (Wildman–Crippen MR) is 61.1 cm³/mol. The smallest absolute Gasteiger partial charge is 0.435 e. The fourth-order valence-electron chi connectivity index (χ4n) is 1.66. The average molecular weight is 257 g/mol. The molecule has 1 aromatic carbocycles. The van der Waals surface area contributed by atoms with E-state index in [2.05, 4.69) is 4.98 Å². The molecule has 0 atom stereocenters. The van der Waals surface area contributed by atoms with Crippen molar-refractivity contribution in [1.82, 2.24) is 4.98 Å². The Morgan fingerprint density at radius 2 is 2.06 bits per heavy atom. The third-order valence-corrected chi connectivity index (χ3v) is 2.45. The van der Waals surface area contributed by atoms with E-state index in [0.29, 0.717) is 5.39 Å². The number of nitrogen functional groups attached to an aromatic ring is 1. The molecule has 0 saturated carbocycles. The number of alkyl halides is 3. The summed E-state index contributed by atoms with van der Waals surface area (Å²) in [5.41, 5.74) is 0.811. The number of para-hydroxylation sites is 1. The highest BCUT2D eigenvalue weighted by Gasteiger charge is 2.36. The SMILES string of the molecule is COc1cccc2cc(NN)c(C(F)(F)F)nc12. The summed E-state index contributed by atoms with van der Waals surface area (Å²) in [6.45, 7) is 0. The number of hydrogen-bond donors (Lipinski definition) is 2. The van der Waals surface area contributed by atoms with Gasteiger partial charge in [-0.05, 0) is 12.1 Å². The number of methoxy groups -OCH3 is 1. The highest BCUT2D eigenvalue weighted by atomic mass is 19.4. The van der Waals surface area contributed by atoms with Gasteiger partial charge in [0.15, 0.2) is 5.69 Å². The van der Waals surface area contributed by atoms with Crippen LogP contribution in [-0.2, 0) is 6.18 Å². The van der Waals surface area contributed by atoms with E-state index in [1.165, 1.54) is 13.2 Å². The number of benzene rings is 1. The first-order chi connectivity index (χ1) is 8.47. The zero-order valence-corrected chi connectivity index (χ0v) is 9.38. The number of nitrogens with zero attached hydrogens (tertiary/aromatic N) is 1. The molecule has 0 aliphatic carbocycles. The fraction of sp³-hybridized carbons (Fsp3) is 0.182.